The number of hydrogen-bond acceptors (Lipinski definition) is 3. The van der Waals surface area contributed by atoms with Crippen LogP contribution in [0.3, 0.4) is 0 Å². The molecule has 0 saturated heterocycles. The van der Waals surface area contributed by atoms with E-state index in [1.807, 2.05) is 36.4 Å². The van der Waals surface area contributed by atoms with Gasteiger partial charge >= 0.3 is 0 Å². The highest BCUT2D eigenvalue weighted by atomic mass is 35.5. The maximum absolute atomic E-state index is 13.1. The number of ketones is 1. The Bertz CT molecular complexity index is 1050. The Hall–Kier alpha value is -3.24. The number of benzene rings is 2. The van der Waals surface area contributed by atoms with Crippen LogP contribution in [-0.2, 0) is 11.3 Å². The molecule has 5 heteroatoms. The minimum Gasteiger partial charge on any atom is -0.303 e. The molecule has 0 radical (unpaired) electrons. The number of anilines is 1. The molecule has 132 valence electrons. The lowest BCUT2D eigenvalue weighted by atomic mass is 10.0. The SMILES string of the molecule is O=C(/C=C1/C(=O)N(Cc2ccccc2)c2cccc(Cl)c21)c1cccnc1. The normalized spacial score (nSPS) is 14.5. The first-order valence-electron chi connectivity index (χ1n) is 8.46. The molecule has 1 amide bonds. The molecule has 4 nitrogen and oxygen atoms in total. The van der Waals surface area contributed by atoms with Crippen LogP contribution in [0.25, 0.3) is 5.57 Å². The van der Waals surface area contributed by atoms with Crippen LogP contribution in [0.5, 0.6) is 0 Å². The fraction of sp³-hybridized carbons (Fsp3) is 0.0455. The van der Waals surface area contributed by atoms with Gasteiger partial charge in [0.2, 0.25) is 0 Å². The number of rotatable bonds is 4. The maximum Gasteiger partial charge on any atom is 0.259 e. The van der Waals surface area contributed by atoms with Crippen molar-refractivity contribution in [3.05, 3.63) is 101 Å². The molecule has 1 aromatic heterocycles. The summed E-state index contributed by atoms with van der Waals surface area (Å²) < 4.78 is 0. The van der Waals surface area contributed by atoms with E-state index < -0.39 is 0 Å². The van der Waals surface area contributed by atoms with Crippen molar-refractivity contribution in [3.8, 4) is 0 Å². The Morgan fingerprint density at radius 1 is 1.04 bits per heavy atom. The molecule has 27 heavy (non-hydrogen) atoms. The summed E-state index contributed by atoms with van der Waals surface area (Å²) in [6.07, 6.45) is 4.43. The van der Waals surface area contributed by atoms with Gasteiger partial charge in [0.15, 0.2) is 5.78 Å². The van der Waals surface area contributed by atoms with Crippen molar-refractivity contribution in [3.63, 3.8) is 0 Å². The number of hydrogen-bond donors (Lipinski definition) is 0. The first-order chi connectivity index (χ1) is 13.1. The van der Waals surface area contributed by atoms with Gasteiger partial charge in [0.05, 0.1) is 22.8 Å². The topological polar surface area (TPSA) is 50.3 Å². The van der Waals surface area contributed by atoms with Gasteiger partial charge < -0.3 is 4.90 Å². The summed E-state index contributed by atoms with van der Waals surface area (Å²) in [5, 5.41) is 0.446. The second-order valence-electron chi connectivity index (χ2n) is 6.17. The molecule has 0 aliphatic carbocycles. The third kappa shape index (κ3) is 3.27. The molecule has 0 saturated carbocycles. The smallest absolute Gasteiger partial charge is 0.259 e. The van der Waals surface area contributed by atoms with Gasteiger partial charge in [-0.15, -0.1) is 0 Å². The minimum atomic E-state index is -0.279. The van der Waals surface area contributed by atoms with Crippen LogP contribution in [0.15, 0.2) is 79.1 Å². The average molecular weight is 375 g/mol. The van der Waals surface area contributed by atoms with E-state index in [1.165, 1.54) is 12.3 Å². The Kier molecular flexibility index (Phi) is 4.57. The molecule has 4 rings (SSSR count). The minimum absolute atomic E-state index is 0.237. The largest absolute Gasteiger partial charge is 0.303 e. The van der Waals surface area contributed by atoms with Gasteiger partial charge in [-0.05, 0) is 35.9 Å². The quantitative estimate of drug-likeness (QED) is 0.497. The molecule has 0 spiro atoms. The third-order valence-electron chi connectivity index (χ3n) is 4.43. The lowest BCUT2D eigenvalue weighted by molar-refractivity contribution is -0.113. The predicted molar refractivity (Wildman–Crippen MR) is 106 cm³/mol. The van der Waals surface area contributed by atoms with Crippen LogP contribution in [0.2, 0.25) is 5.02 Å². The number of halogens is 1. The zero-order chi connectivity index (χ0) is 18.8. The molecule has 2 aromatic carbocycles. The van der Waals surface area contributed by atoms with Crippen LogP contribution in [-0.4, -0.2) is 16.7 Å². The summed E-state index contributed by atoms with van der Waals surface area (Å²) in [6.45, 7) is 0.408. The highest BCUT2D eigenvalue weighted by molar-refractivity contribution is 6.41. The Morgan fingerprint density at radius 2 is 1.85 bits per heavy atom. The van der Waals surface area contributed by atoms with Gasteiger partial charge in [0, 0.05) is 23.5 Å². The molecule has 1 aliphatic heterocycles. The average Bonchev–Trinajstić information content (AvgIpc) is 2.96. The Morgan fingerprint density at radius 3 is 2.59 bits per heavy atom. The van der Waals surface area contributed by atoms with Crippen LogP contribution in [0, 0.1) is 0 Å². The summed E-state index contributed by atoms with van der Waals surface area (Å²) in [5.74, 6) is -0.516. The highest BCUT2D eigenvalue weighted by Crippen LogP contribution is 2.41. The number of allylic oxidation sites excluding steroid dienone is 1. The molecule has 0 N–H and O–H groups in total. The zero-order valence-electron chi connectivity index (χ0n) is 14.3. The summed E-state index contributed by atoms with van der Waals surface area (Å²) in [5.41, 5.74) is 3.03. The van der Waals surface area contributed by atoms with Gasteiger partial charge in [-0.2, -0.15) is 0 Å². The second-order valence-corrected chi connectivity index (χ2v) is 6.58. The number of aromatic nitrogens is 1. The molecule has 3 aromatic rings. The van der Waals surface area contributed by atoms with Crippen LogP contribution in [0.1, 0.15) is 21.5 Å². The van der Waals surface area contributed by atoms with Crippen LogP contribution in [0.4, 0.5) is 5.69 Å². The van der Waals surface area contributed by atoms with E-state index in [0.717, 1.165) is 5.56 Å². The first kappa shape index (κ1) is 17.2. The molecular weight excluding hydrogens is 360 g/mol. The molecule has 2 heterocycles. The van der Waals surface area contributed by atoms with Crippen LogP contribution >= 0.6 is 11.6 Å². The monoisotopic (exact) mass is 374 g/mol. The van der Waals surface area contributed by atoms with Gasteiger partial charge in [-0.1, -0.05) is 48.0 Å². The lowest BCUT2D eigenvalue weighted by Crippen LogP contribution is -2.25. The van der Waals surface area contributed by atoms with E-state index >= 15 is 0 Å². The fourth-order valence-corrected chi connectivity index (χ4v) is 3.42. The summed E-state index contributed by atoms with van der Waals surface area (Å²) in [6, 6.07) is 18.4. The highest BCUT2D eigenvalue weighted by Gasteiger charge is 2.34. The van der Waals surface area contributed by atoms with Crippen LogP contribution < -0.4 is 4.90 Å². The van der Waals surface area contributed by atoms with Crippen molar-refractivity contribution >= 4 is 34.6 Å². The number of carbonyl (C=O) groups is 2. The van der Waals surface area contributed by atoms with Crippen molar-refractivity contribution < 1.29 is 9.59 Å². The molecule has 0 atom stereocenters. The molecular formula is C22H15ClN2O2. The maximum atomic E-state index is 13.1. The summed E-state index contributed by atoms with van der Waals surface area (Å²) >= 11 is 6.38. The van der Waals surface area contributed by atoms with Gasteiger partial charge in [-0.3, -0.25) is 14.6 Å². The predicted octanol–water partition coefficient (Wildman–Crippen LogP) is 4.55. The standard InChI is InChI=1S/C22H15ClN2O2/c23-18-9-4-10-19-21(18)17(12-20(26)16-8-5-11-24-13-16)22(27)25(19)14-15-6-2-1-3-7-15/h1-13H,14H2/b17-12+. The number of nitrogens with zero attached hydrogens (tertiary/aromatic N) is 2. The molecule has 0 fully saturated rings. The fourth-order valence-electron chi connectivity index (χ4n) is 3.15. The number of pyridine rings is 1. The van der Waals surface area contributed by atoms with Gasteiger partial charge in [0.1, 0.15) is 0 Å². The number of amides is 1. The van der Waals surface area contributed by atoms with Crippen molar-refractivity contribution in [2.45, 2.75) is 6.54 Å². The first-order valence-corrected chi connectivity index (χ1v) is 8.83. The zero-order valence-corrected chi connectivity index (χ0v) is 15.1. The van der Waals surface area contributed by atoms with Crippen molar-refractivity contribution in [1.82, 2.24) is 4.98 Å². The molecule has 0 bridgehead atoms. The summed E-state index contributed by atoms with van der Waals surface area (Å²) in [4.78, 5) is 31.3. The Balaban J connectivity index is 1.77. The Labute approximate surface area is 161 Å². The second kappa shape index (κ2) is 7.17. The molecule has 0 unspecified atom stereocenters. The van der Waals surface area contributed by atoms with Gasteiger partial charge in [0.25, 0.3) is 5.91 Å². The third-order valence-corrected chi connectivity index (χ3v) is 4.75. The number of fused-ring (bicyclic) bond motifs is 1. The van der Waals surface area contributed by atoms with Gasteiger partial charge in [-0.25, -0.2) is 0 Å². The van der Waals surface area contributed by atoms with E-state index in [-0.39, 0.29) is 11.7 Å². The van der Waals surface area contributed by atoms with Crippen molar-refractivity contribution in [1.29, 1.82) is 0 Å². The van der Waals surface area contributed by atoms with E-state index in [1.54, 1.807) is 35.4 Å². The summed E-state index contributed by atoms with van der Waals surface area (Å²) in [7, 11) is 0. The molecule has 1 aliphatic rings. The van der Waals surface area contributed by atoms with E-state index in [4.69, 9.17) is 11.6 Å². The lowest BCUT2D eigenvalue weighted by Gasteiger charge is -2.17. The van der Waals surface area contributed by atoms with E-state index in [0.29, 0.717) is 34.0 Å². The number of carbonyl (C=O) groups excluding carboxylic acids is 2. The van der Waals surface area contributed by atoms with Crippen molar-refractivity contribution in [2.24, 2.45) is 0 Å². The van der Waals surface area contributed by atoms with E-state index in [2.05, 4.69) is 4.98 Å². The van der Waals surface area contributed by atoms with Crippen molar-refractivity contribution in [2.75, 3.05) is 4.90 Å². The van der Waals surface area contributed by atoms with E-state index in [9.17, 15) is 9.59 Å².